The summed E-state index contributed by atoms with van der Waals surface area (Å²) < 4.78 is 10.5. The van der Waals surface area contributed by atoms with Crippen LogP contribution in [0, 0.1) is 0 Å². The normalized spacial score (nSPS) is 11.2. The average Bonchev–Trinajstić information content (AvgIpc) is 2.48. The molecule has 0 spiro atoms. The van der Waals surface area contributed by atoms with Crippen molar-refractivity contribution < 1.29 is 14.3 Å². The van der Waals surface area contributed by atoms with Crippen molar-refractivity contribution >= 4 is 5.91 Å². The first-order chi connectivity index (χ1) is 10.3. The van der Waals surface area contributed by atoms with E-state index in [0.717, 1.165) is 30.0 Å². The van der Waals surface area contributed by atoms with Crippen LogP contribution in [0.15, 0.2) is 18.2 Å². The van der Waals surface area contributed by atoms with E-state index >= 15 is 0 Å². The van der Waals surface area contributed by atoms with Gasteiger partial charge in [-0.05, 0) is 51.3 Å². The summed E-state index contributed by atoms with van der Waals surface area (Å²) in [6.07, 6.45) is 2.15. The van der Waals surface area contributed by atoms with E-state index in [9.17, 15) is 4.79 Å². The van der Waals surface area contributed by atoms with Gasteiger partial charge in [0.15, 0.2) is 0 Å². The van der Waals surface area contributed by atoms with Crippen LogP contribution in [0.3, 0.4) is 0 Å². The van der Waals surface area contributed by atoms with E-state index in [4.69, 9.17) is 9.47 Å². The van der Waals surface area contributed by atoms with Gasteiger partial charge in [-0.1, -0.05) is 6.92 Å². The number of carbonyl (C=O) groups is 1. The predicted molar refractivity (Wildman–Crippen MR) is 89.6 cm³/mol. The molecule has 0 radical (unpaired) electrons. The van der Waals surface area contributed by atoms with Gasteiger partial charge in [0, 0.05) is 24.6 Å². The maximum Gasteiger partial charge on any atom is 0.223 e. The number of carbonyl (C=O) groups excluding carboxylic acids is 1. The first kappa shape index (κ1) is 18.3. The summed E-state index contributed by atoms with van der Waals surface area (Å²) in [7, 11) is 3.26. The molecular formula is C18H29NO3. The van der Waals surface area contributed by atoms with E-state index in [1.165, 1.54) is 0 Å². The summed E-state index contributed by atoms with van der Waals surface area (Å²) in [5.74, 6) is 1.70. The molecule has 0 aliphatic heterocycles. The monoisotopic (exact) mass is 307 g/mol. The van der Waals surface area contributed by atoms with Crippen LogP contribution in [0.2, 0.25) is 0 Å². The highest BCUT2D eigenvalue weighted by Gasteiger charge is 2.25. The average molecular weight is 307 g/mol. The maximum atomic E-state index is 12.5. The fourth-order valence-electron chi connectivity index (χ4n) is 2.45. The van der Waals surface area contributed by atoms with Crippen molar-refractivity contribution in [3.8, 4) is 11.5 Å². The van der Waals surface area contributed by atoms with Crippen molar-refractivity contribution in [3.63, 3.8) is 0 Å². The van der Waals surface area contributed by atoms with Gasteiger partial charge in [-0.3, -0.25) is 4.79 Å². The minimum atomic E-state index is -0.140. The molecule has 0 atom stereocenters. The van der Waals surface area contributed by atoms with Crippen molar-refractivity contribution in [2.24, 2.45) is 0 Å². The number of benzene rings is 1. The molecule has 4 heteroatoms. The van der Waals surface area contributed by atoms with E-state index in [-0.39, 0.29) is 11.4 Å². The van der Waals surface area contributed by atoms with Gasteiger partial charge in [0.25, 0.3) is 0 Å². The number of ether oxygens (including phenoxy) is 2. The highest BCUT2D eigenvalue weighted by atomic mass is 16.5. The maximum absolute atomic E-state index is 12.5. The Balaban J connectivity index is 2.78. The fraction of sp³-hybridized carbons (Fsp3) is 0.611. The SMILES string of the molecule is CCCN(C(=O)CCc1cc(OC)cc(OC)c1)C(C)(C)C. The summed E-state index contributed by atoms with van der Waals surface area (Å²) in [6, 6.07) is 5.75. The molecule has 1 amide bonds. The zero-order chi connectivity index (χ0) is 16.8. The van der Waals surface area contributed by atoms with Gasteiger partial charge in [-0.25, -0.2) is 0 Å². The minimum Gasteiger partial charge on any atom is -0.497 e. The molecule has 1 aromatic rings. The molecule has 0 heterocycles. The topological polar surface area (TPSA) is 38.8 Å². The number of amides is 1. The van der Waals surface area contributed by atoms with E-state index in [1.54, 1.807) is 14.2 Å². The van der Waals surface area contributed by atoms with Crippen LogP contribution < -0.4 is 9.47 Å². The third kappa shape index (κ3) is 5.24. The smallest absolute Gasteiger partial charge is 0.223 e. The second-order valence-electron chi connectivity index (χ2n) is 6.44. The van der Waals surface area contributed by atoms with Gasteiger partial charge in [0.1, 0.15) is 11.5 Å². The van der Waals surface area contributed by atoms with Crippen LogP contribution in [-0.4, -0.2) is 37.1 Å². The Kier molecular flexibility index (Phi) is 6.72. The van der Waals surface area contributed by atoms with Crippen LogP contribution >= 0.6 is 0 Å². The third-order valence-corrected chi connectivity index (χ3v) is 3.60. The quantitative estimate of drug-likeness (QED) is 0.771. The zero-order valence-corrected chi connectivity index (χ0v) is 14.7. The standard InChI is InChI=1S/C18H29NO3/c1-7-10-19(18(2,3)4)17(20)9-8-14-11-15(21-5)13-16(12-14)22-6/h11-13H,7-10H2,1-6H3. The Morgan fingerprint density at radius 3 is 2.05 bits per heavy atom. The fourth-order valence-corrected chi connectivity index (χ4v) is 2.45. The Hall–Kier alpha value is -1.71. The Bertz CT molecular complexity index is 469. The molecule has 0 bridgehead atoms. The van der Waals surface area contributed by atoms with Crippen molar-refractivity contribution in [2.75, 3.05) is 20.8 Å². The molecule has 22 heavy (non-hydrogen) atoms. The molecule has 4 nitrogen and oxygen atoms in total. The Morgan fingerprint density at radius 2 is 1.64 bits per heavy atom. The van der Waals surface area contributed by atoms with Crippen molar-refractivity contribution in [1.29, 1.82) is 0 Å². The number of hydrogen-bond donors (Lipinski definition) is 0. The highest BCUT2D eigenvalue weighted by molar-refractivity contribution is 5.77. The second kappa shape index (κ2) is 8.06. The van der Waals surface area contributed by atoms with E-state index in [1.807, 2.05) is 23.1 Å². The lowest BCUT2D eigenvalue weighted by Gasteiger charge is -2.35. The van der Waals surface area contributed by atoms with E-state index in [0.29, 0.717) is 12.8 Å². The summed E-state index contributed by atoms with van der Waals surface area (Å²) in [4.78, 5) is 14.5. The molecule has 1 rings (SSSR count). The van der Waals surface area contributed by atoms with Gasteiger partial charge in [-0.15, -0.1) is 0 Å². The second-order valence-corrected chi connectivity index (χ2v) is 6.44. The first-order valence-corrected chi connectivity index (χ1v) is 7.84. The van der Waals surface area contributed by atoms with Crippen LogP contribution in [0.4, 0.5) is 0 Å². The number of rotatable bonds is 7. The van der Waals surface area contributed by atoms with Crippen LogP contribution in [0.25, 0.3) is 0 Å². The molecule has 124 valence electrons. The van der Waals surface area contributed by atoms with Gasteiger partial charge in [0.2, 0.25) is 5.91 Å². The van der Waals surface area contributed by atoms with Crippen LogP contribution in [-0.2, 0) is 11.2 Å². The lowest BCUT2D eigenvalue weighted by Crippen LogP contribution is -2.46. The molecule has 0 aromatic heterocycles. The third-order valence-electron chi connectivity index (χ3n) is 3.60. The molecule has 0 saturated heterocycles. The lowest BCUT2D eigenvalue weighted by molar-refractivity contribution is -0.135. The van der Waals surface area contributed by atoms with Gasteiger partial charge < -0.3 is 14.4 Å². The number of aryl methyl sites for hydroxylation is 1. The minimum absolute atomic E-state index is 0.140. The number of nitrogens with zero attached hydrogens (tertiary/aromatic N) is 1. The zero-order valence-electron chi connectivity index (χ0n) is 14.7. The molecule has 0 N–H and O–H groups in total. The van der Waals surface area contributed by atoms with E-state index in [2.05, 4.69) is 27.7 Å². The summed E-state index contributed by atoms with van der Waals surface area (Å²) in [5.41, 5.74) is 0.911. The van der Waals surface area contributed by atoms with Crippen molar-refractivity contribution in [3.05, 3.63) is 23.8 Å². The van der Waals surface area contributed by atoms with Gasteiger partial charge in [-0.2, -0.15) is 0 Å². The lowest BCUT2D eigenvalue weighted by atomic mass is 10.0. The summed E-state index contributed by atoms with van der Waals surface area (Å²) in [6.45, 7) is 9.13. The molecular weight excluding hydrogens is 278 g/mol. The number of methoxy groups -OCH3 is 2. The Labute approximate surface area is 134 Å². The van der Waals surface area contributed by atoms with Crippen molar-refractivity contribution in [1.82, 2.24) is 4.90 Å². The largest absolute Gasteiger partial charge is 0.497 e. The van der Waals surface area contributed by atoms with Gasteiger partial charge >= 0.3 is 0 Å². The molecule has 0 fully saturated rings. The Morgan fingerprint density at radius 1 is 1.09 bits per heavy atom. The van der Waals surface area contributed by atoms with Crippen LogP contribution in [0.1, 0.15) is 46.1 Å². The molecule has 1 aromatic carbocycles. The molecule has 0 unspecified atom stereocenters. The summed E-state index contributed by atoms with van der Waals surface area (Å²) >= 11 is 0. The van der Waals surface area contributed by atoms with E-state index < -0.39 is 0 Å². The first-order valence-electron chi connectivity index (χ1n) is 7.84. The van der Waals surface area contributed by atoms with Gasteiger partial charge in [0.05, 0.1) is 14.2 Å². The molecule has 0 aliphatic carbocycles. The molecule has 0 aliphatic rings. The summed E-state index contributed by atoms with van der Waals surface area (Å²) in [5, 5.41) is 0. The molecule has 0 saturated carbocycles. The van der Waals surface area contributed by atoms with Crippen LogP contribution in [0.5, 0.6) is 11.5 Å². The highest BCUT2D eigenvalue weighted by Crippen LogP contribution is 2.24. The predicted octanol–water partition coefficient (Wildman–Crippen LogP) is 3.67. The van der Waals surface area contributed by atoms with Crippen molar-refractivity contribution in [2.45, 2.75) is 52.5 Å². The number of hydrogen-bond acceptors (Lipinski definition) is 3.